The number of likely N-dealkylation sites (tertiary alicyclic amines) is 1. The van der Waals surface area contributed by atoms with Crippen LogP contribution in [0.25, 0.3) is 10.9 Å². The number of para-hydroxylation sites is 1. The number of hydrogen-bond donors (Lipinski definition) is 2. The molecule has 3 aromatic rings. The molecule has 0 atom stereocenters. The van der Waals surface area contributed by atoms with Gasteiger partial charge in [-0.2, -0.15) is 0 Å². The Labute approximate surface area is 151 Å². The highest BCUT2D eigenvalue weighted by molar-refractivity contribution is 6.05. The number of amides is 2. The van der Waals surface area contributed by atoms with Crippen LogP contribution in [0.5, 0.6) is 0 Å². The van der Waals surface area contributed by atoms with Gasteiger partial charge in [-0.15, -0.1) is 0 Å². The molecule has 132 valence electrons. The van der Waals surface area contributed by atoms with E-state index >= 15 is 0 Å². The summed E-state index contributed by atoms with van der Waals surface area (Å²) in [6.07, 6.45) is 5.69. The fourth-order valence-electron chi connectivity index (χ4n) is 3.44. The van der Waals surface area contributed by atoms with Crippen LogP contribution in [-0.2, 0) is 11.2 Å². The molecule has 26 heavy (non-hydrogen) atoms. The summed E-state index contributed by atoms with van der Waals surface area (Å²) >= 11 is 0. The first-order valence-corrected chi connectivity index (χ1v) is 8.60. The Morgan fingerprint density at radius 3 is 2.81 bits per heavy atom. The van der Waals surface area contributed by atoms with Gasteiger partial charge in [-0.1, -0.05) is 18.2 Å². The molecule has 2 N–H and O–H groups in total. The zero-order valence-electron chi connectivity index (χ0n) is 14.5. The number of hydrogen-bond acceptors (Lipinski definition) is 3. The highest BCUT2D eigenvalue weighted by atomic mass is 16.2. The van der Waals surface area contributed by atoms with E-state index in [1.54, 1.807) is 23.4 Å². The Kier molecular flexibility index (Phi) is 3.95. The van der Waals surface area contributed by atoms with E-state index in [0.717, 1.165) is 10.9 Å². The molecule has 0 aliphatic carbocycles. The summed E-state index contributed by atoms with van der Waals surface area (Å²) in [6.45, 7) is 2.99. The number of carbonyl (C=O) groups excluding carboxylic acids is 2. The molecule has 3 heterocycles. The van der Waals surface area contributed by atoms with Crippen LogP contribution in [-0.4, -0.2) is 45.3 Å². The highest BCUT2D eigenvalue weighted by Gasteiger charge is 2.42. The molecule has 1 saturated heterocycles. The summed E-state index contributed by atoms with van der Waals surface area (Å²) in [5.41, 5.74) is 1.80. The molecule has 4 rings (SSSR count). The van der Waals surface area contributed by atoms with Gasteiger partial charge in [0.2, 0.25) is 5.91 Å². The van der Waals surface area contributed by atoms with E-state index in [9.17, 15) is 9.59 Å². The van der Waals surface area contributed by atoms with E-state index in [4.69, 9.17) is 0 Å². The van der Waals surface area contributed by atoms with Gasteiger partial charge >= 0.3 is 0 Å². The molecule has 1 aromatic carbocycles. The predicted molar refractivity (Wildman–Crippen MR) is 98.7 cm³/mol. The molecule has 2 aromatic heterocycles. The molecule has 0 unspecified atom stereocenters. The number of aromatic amines is 1. The Bertz CT molecular complexity index is 954. The van der Waals surface area contributed by atoms with Gasteiger partial charge in [0, 0.05) is 37.1 Å². The first-order chi connectivity index (χ1) is 12.5. The molecule has 6 heteroatoms. The van der Waals surface area contributed by atoms with Crippen LogP contribution in [0.2, 0.25) is 0 Å². The largest absolute Gasteiger partial charge is 0.367 e. The zero-order valence-corrected chi connectivity index (χ0v) is 14.5. The first kappa shape index (κ1) is 16.3. The number of benzene rings is 1. The Morgan fingerprint density at radius 1 is 1.23 bits per heavy atom. The minimum absolute atomic E-state index is 0.0724. The van der Waals surface area contributed by atoms with Gasteiger partial charge in [-0.25, -0.2) is 0 Å². The van der Waals surface area contributed by atoms with Crippen molar-refractivity contribution in [3.05, 3.63) is 66.1 Å². The lowest BCUT2D eigenvalue weighted by atomic mass is 9.91. The normalized spacial score (nSPS) is 15.5. The highest BCUT2D eigenvalue weighted by Crippen LogP contribution is 2.23. The predicted octanol–water partition coefficient (Wildman–Crippen LogP) is 2.14. The second-order valence-corrected chi connectivity index (χ2v) is 7.04. The second kappa shape index (κ2) is 6.29. The fraction of sp³-hybridized carbons (Fsp3) is 0.250. The lowest BCUT2D eigenvalue weighted by molar-refractivity contribution is -0.138. The van der Waals surface area contributed by atoms with Crippen molar-refractivity contribution < 1.29 is 9.59 Å². The van der Waals surface area contributed by atoms with E-state index in [1.807, 2.05) is 43.5 Å². The smallest absolute Gasteiger partial charge is 0.254 e. The van der Waals surface area contributed by atoms with Crippen molar-refractivity contribution in [3.8, 4) is 0 Å². The van der Waals surface area contributed by atoms with E-state index in [-0.39, 0.29) is 11.8 Å². The standard InChI is InChI=1S/C20H20N4O2/c1-20(12-24(13-20)17(25)10-14-7-9-21-11-14)23-19(26)16-6-2-4-15-5-3-8-22-18(15)16/h2-9,11,21H,10,12-13H2,1H3,(H,23,26). The lowest BCUT2D eigenvalue weighted by Gasteiger charge is -2.48. The van der Waals surface area contributed by atoms with Crippen molar-refractivity contribution in [3.63, 3.8) is 0 Å². The molecule has 6 nitrogen and oxygen atoms in total. The Hall–Kier alpha value is -3.15. The van der Waals surface area contributed by atoms with Crippen molar-refractivity contribution >= 4 is 22.7 Å². The molecule has 0 saturated carbocycles. The summed E-state index contributed by atoms with van der Waals surface area (Å²) in [7, 11) is 0. The Morgan fingerprint density at radius 2 is 2.04 bits per heavy atom. The van der Waals surface area contributed by atoms with Gasteiger partial charge < -0.3 is 15.2 Å². The minimum atomic E-state index is -0.415. The number of fused-ring (bicyclic) bond motifs is 1. The zero-order chi connectivity index (χ0) is 18.1. The van der Waals surface area contributed by atoms with Crippen LogP contribution < -0.4 is 5.32 Å². The summed E-state index contributed by atoms with van der Waals surface area (Å²) in [4.78, 5) is 34.1. The number of nitrogens with zero attached hydrogens (tertiary/aromatic N) is 2. The minimum Gasteiger partial charge on any atom is -0.367 e. The quantitative estimate of drug-likeness (QED) is 0.758. The summed E-state index contributed by atoms with van der Waals surface area (Å²) in [5, 5.41) is 4.00. The Balaban J connectivity index is 1.41. The summed E-state index contributed by atoms with van der Waals surface area (Å²) in [5.74, 6) is -0.0855. The van der Waals surface area contributed by atoms with E-state index in [2.05, 4.69) is 15.3 Å². The summed E-state index contributed by atoms with van der Waals surface area (Å²) < 4.78 is 0. The van der Waals surface area contributed by atoms with Crippen LogP contribution in [0, 0.1) is 0 Å². The van der Waals surface area contributed by atoms with E-state index < -0.39 is 5.54 Å². The van der Waals surface area contributed by atoms with E-state index in [0.29, 0.717) is 30.6 Å². The number of carbonyl (C=O) groups is 2. The van der Waals surface area contributed by atoms with E-state index in [1.165, 1.54) is 0 Å². The van der Waals surface area contributed by atoms with Crippen LogP contribution in [0.4, 0.5) is 0 Å². The third-order valence-electron chi connectivity index (χ3n) is 4.74. The SMILES string of the molecule is CC1(NC(=O)c2cccc3cccnc23)CN(C(=O)Cc2cc[nH]c2)C1. The maximum Gasteiger partial charge on any atom is 0.254 e. The van der Waals surface area contributed by atoms with Crippen LogP contribution >= 0.6 is 0 Å². The van der Waals surface area contributed by atoms with Gasteiger partial charge in [0.05, 0.1) is 23.0 Å². The number of nitrogens with one attached hydrogen (secondary N) is 2. The van der Waals surface area contributed by atoms with Crippen LogP contribution in [0.15, 0.2) is 55.0 Å². The van der Waals surface area contributed by atoms with Crippen molar-refractivity contribution in [1.29, 1.82) is 0 Å². The molecule has 1 aliphatic rings. The van der Waals surface area contributed by atoms with Gasteiger partial charge in [0.1, 0.15) is 0 Å². The molecule has 1 aliphatic heterocycles. The lowest BCUT2D eigenvalue weighted by Crippen LogP contribution is -2.69. The number of H-pyrrole nitrogens is 1. The molecular weight excluding hydrogens is 328 g/mol. The summed E-state index contributed by atoms with van der Waals surface area (Å²) in [6, 6.07) is 11.3. The third kappa shape index (κ3) is 3.06. The molecule has 1 fully saturated rings. The number of rotatable bonds is 4. The maximum atomic E-state index is 12.7. The van der Waals surface area contributed by atoms with Crippen molar-refractivity contribution in [1.82, 2.24) is 20.2 Å². The maximum absolute atomic E-state index is 12.7. The van der Waals surface area contributed by atoms with Gasteiger partial charge in [-0.05, 0) is 30.7 Å². The average Bonchev–Trinajstić information content (AvgIpc) is 3.11. The third-order valence-corrected chi connectivity index (χ3v) is 4.74. The van der Waals surface area contributed by atoms with Gasteiger partial charge in [0.15, 0.2) is 0 Å². The van der Waals surface area contributed by atoms with Gasteiger partial charge in [0.25, 0.3) is 5.91 Å². The topological polar surface area (TPSA) is 78.1 Å². The van der Waals surface area contributed by atoms with Crippen molar-refractivity contribution in [2.45, 2.75) is 18.9 Å². The first-order valence-electron chi connectivity index (χ1n) is 8.60. The molecular formula is C20H20N4O2. The van der Waals surface area contributed by atoms with Crippen LogP contribution in [0.3, 0.4) is 0 Å². The number of aromatic nitrogens is 2. The van der Waals surface area contributed by atoms with Crippen molar-refractivity contribution in [2.24, 2.45) is 0 Å². The molecule has 2 amide bonds. The second-order valence-electron chi connectivity index (χ2n) is 7.04. The van der Waals surface area contributed by atoms with Gasteiger partial charge in [-0.3, -0.25) is 14.6 Å². The monoisotopic (exact) mass is 348 g/mol. The van der Waals surface area contributed by atoms with Crippen LogP contribution in [0.1, 0.15) is 22.8 Å². The average molecular weight is 348 g/mol. The number of pyridine rings is 1. The van der Waals surface area contributed by atoms with Crippen molar-refractivity contribution in [2.75, 3.05) is 13.1 Å². The molecule has 0 bridgehead atoms. The molecule has 0 radical (unpaired) electrons. The fourth-order valence-corrected chi connectivity index (χ4v) is 3.44. The molecule has 0 spiro atoms.